The SMILES string of the molecule is CCNC(=NCC1(c2cccc(Cl)c2)CC1)NCCS(=O)C(C)(C)C.I. The van der Waals surface area contributed by atoms with Crippen molar-refractivity contribution in [3.63, 3.8) is 0 Å². The van der Waals surface area contributed by atoms with Gasteiger partial charge in [0, 0.05) is 44.8 Å². The predicted molar refractivity (Wildman–Crippen MR) is 125 cm³/mol. The van der Waals surface area contributed by atoms with Crippen LogP contribution in [-0.4, -0.2) is 40.3 Å². The molecule has 0 aliphatic heterocycles. The van der Waals surface area contributed by atoms with Crippen LogP contribution < -0.4 is 10.6 Å². The van der Waals surface area contributed by atoms with Crippen LogP contribution in [0.25, 0.3) is 0 Å². The number of halogens is 2. The fourth-order valence-electron chi connectivity index (χ4n) is 2.65. The van der Waals surface area contributed by atoms with Crippen molar-refractivity contribution in [2.24, 2.45) is 4.99 Å². The lowest BCUT2D eigenvalue weighted by atomic mass is 9.96. The highest BCUT2D eigenvalue weighted by molar-refractivity contribution is 14.0. The molecule has 2 rings (SSSR count). The largest absolute Gasteiger partial charge is 0.357 e. The van der Waals surface area contributed by atoms with Crippen LogP contribution in [0.3, 0.4) is 0 Å². The van der Waals surface area contributed by atoms with Crippen molar-refractivity contribution in [2.75, 3.05) is 25.4 Å². The van der Waals surface area contributed by atoms with Gasteiger partial charge in [0.05, 0.1) is 6.54 Å². The summed E-state index contributed by atoms with van der Waals surface area (Å²) < 4.78 is 12.0. The molecule has 1 aromatic rings. The van der Waals surface area contributed by atoms with Crippen molar-refractivity contribution in [3.05, 3.63) is 34.9 Å². The van der Waals surface area contributed by atoms with Crippen LogP contribution in [0.1, 0.15) is 46.1 Å². The molecule has 1 aliphatic carbocycles. The average molecular weight is 512 g/mol. The third-order valence-corrected chi connectivity index (χ3v) is 6.61. The molecule has 1 atom stereocenters. The highest BCUT2D eigenvalue weighted by atomic mass is 127. The van der Waals surface area contributed by atoms with Crippen LogP contribution >= 0.6 is 35.6 Å². The normalized spacial score (nSPS) is 17.2. The van der Waals surface area contributed by atoms with Crippen molar-refractivity contribution in [3.8, 4) is 0 Å². The van der Waals surface area contributed by atoms with E-state index in [1.54, 1.807) is 0 Å². The molecule has 0 aromatic heterocycles. The average Bonchev–Trinajstić information content (AvgIpc) is 3.33. The summed E-state index contributed by atoms with van der Waals surface area (Å²) in [6, 6.07) is 8.11. The van der Waals surface area contributed by atoms with Crippen LogP contribution in [-0.2, 0) is 16.2 Å². The Balaban J connectivity index is 0.00000338. The van der Waals surface area contributed by atoms with Gasteiger partial charge in [0.15, 0.2) is 5.96 Å². The number of nitrogens with one attached hydrogen (secondary N) is 2. The molecule has 1 aromatic carbocycles. The standard InChI is InChI=1S/C19H30ClN3OS.HI/c1-5-21-17(22-11-12-25(24)18(2,3)4)23-14-19(9-10-19)15-7-6-8-16(20)13-15;/h6-8,13H,5,9-12,14H2,1-4H3,(H2,21,22,23);1H. The maximum Gasteiger partial charge on any atom is 0.191 e. The van der Waals surface area contributed by atoms with Crippen molar-refractivity contribution < 1.29 is 4.21 Å². The summed E-state index contributed by atoms with van der Waals surface area (Å²) in [5.74, 6) is 1.41. The van der Waals surface area contributed by atoms with Gasteiger partial charge in [0.2, 0.25) is 0 Å². The zero-order valence-corrected chi connectivity index (χ0v) is 20.0. The minimum absolute atomic E-state index is 0. The minimum Gasteiger partial charge on any atom is -0.357 e. The van der Waals surface area contributed by atoms with E-state index < -0.39 is 10.8 Å². The molecule has 1 fully saturated rings. The molecule has 1 aliphatic rings. The molecule has 26 heavy (non-hydrogen) atoms. The zero-order chi connectivity index (χ0) is 18.5. The van der Waals surface area contributed by atoms with Gasteiger partial charge in [0.1, 0.15) is 0 Å². The fourth-order valence-corrected chi connectivity index (χ4v) is 3.74. The van der Waals surface area contributed by atoms with Gasteiger partial charge in [0.25, 0.3) is 0 Å². The maximum atomic E-state index is 12.1. The number of nitrogens with zero attached hydrogens (tertiary/aromatic N) is 1. The van der Waals surface area contributed by atoms with Gasteiger partial charge in [-0.15, -0.1) is 24.0 Å². The van der Waals surface area contributed by atoms with E-state index in [4.69, 9.17) is 16.6 Å². The van der Waals surface area contributed by atoms with Crippen LogP contribution in [0, 0.1) is 0 Å². The first-order chi connectivity index (χ1) is 11.8. The van der Waals surface area contributed by atoms with Crippen molar-refractivity contribution in [2.45, 2.75) is 50.7 Å². The Labute approximate surface area is 182 Å². The molecule has 7 heteroatoms. The van der Waals surface area contributed by atoms with Crippen molar-refractivity contribution in [1.82, 2.24) is 10.6 Å². The summed E-state index contributed by atoms with van der Waals surface area (Å²) in [6.45, 7) is 10.3. The first kappa shape index (κ1) is 23.7. The lowest BCUT2D eigenvalue weighted by molar-refractivity contribution is 0.646. The van der Waals surface area contributed by atoms with Gasteiger partial charge < -0.3 is 10.6 Å². The summed E-state index contributed by atoms with van der Waals surface area (Å²) >= 11 is 6.14. The molecule has 1 unspecified atom stereocenters. The van der Waals surface area contributed by atoms with Crippen LogP contribution in [0.2, 0.25) is 5.02 Å². The lowest BCUT2D eigenvalue weighted by Crippen LogP contribution is -2.40. The number of benzene rings is 1. The molecule has 0 bridgehead atoms. The van der Waals surface area contributed by atoms with Crippen LogP contribution in [0.15, 0.2) is 29.3 Å². The molecule has 0 radical (unpaired) electrons. The van der Waals surface area contributed by atoms with E-state index in [-0.39, 0.29) is 34.1 Å². The molecule has 0 saturated heterocycles. The van der Waals surface area contributed by atoms with Gasteiger partial charge in [-0.1, -0.05) is 23.7 Å². The summed E-state index contributed by atoms with van der Waals surface area (Å²) in [7, 11) is -0.859. The van der Waals surface area contributed by atoms with Crippen molar-refractivity contribution >= 4 is 52.3 Å². The topological polar surface area (TPSA) is 53.5 Å². The Morgan fingerprint density at radius 1 is 1.31 bits per heavy atom. The van der Waals surface area contributed by atoms with E-state index in [1.165, 1.54) is 5.56 Å². The molecular weight excluding hydrogens is 481 g/mol. The smallest absolute Gasteiger partial charge is 0.191 e. The van der Waals surface area contributed by atoms with Gasteiger partial charge in [-0.2, -0.15) is 0 Å². The molecule has 1 saturated carbocycles. The Bertz CT molecular complexity index is 642. The molecule has 0 spiro atoms. The molecule has 4 nitrogen and oxygen atoms in total. The highest BCUT2D eigenvalue weighted by Gasteiger charge is 2.44. The van der Waals surface area contributed by atoms with E-state index in [0.29, 0.717) is 12.3 Å². The number of guanidine groups is 1. The van der Waals surface area contributed by atoms with E-state index in [9.17, 15) is 4.21 Å². The first-order valence-electron chi connectivity index (χ1n) is 8.93. The Kier molecular flexibility index (Phi) is 9.36. The van der Waals surface area contributed by atoms with Gasteiger partial charge in [-0.25, -0.2) is 0 Å². The number of hydrogen-bond acceptors (Lipinski definition) is 2. The van der Waals surface area contributed by atoms with E-state index in [1.807, 2.05) is 39.8 Å². The van der Waals surface area contributed by atoms with Crippen LogP contribution in [0.5, 0.6) is 0 Å². The predicted octanol–water partition coefficient (Wildman–Crippen LogP) is 4.09. The number of rotatable bonds is 7. The third kappa shape index (κ3) is 7.00. The lowest BCUT2D eigenvalue weighted by Gasteiger charge is -2.19. The van der Waals surface area contributed by atoms with Crippen LogP contribution in [0.4, 0.5) is 0 Å². The summed E-state index contributed by atoms with van der Waals surface area (Å²) in [5.41, 5.74) is 1.40. The van der Waals surface area contributed by atoms with E-state index in [2.05, 4.69) is 22.8 Å². The fraction of sp³-hybridized carbons (Fsp3) is 0.632. The number of hydrogen-bond donors (Lipinski definition) is 2. The molecule has 148 valence electrons. The summed E-state index contributed by atoms with van der Waals surface area (Å²) in [4.78, 5) is 4.77. The highest BCUT2D eigenvalue weighted by Crippen LogP contribution is 2.48. The number of aliphatic imine (C=N–C) groups is 1. The monoisotopic (exact) mass is 511 g/mol. The maximum absolute atomic E-state index is 12.1. The van der Waals surface area contributed by atoms with Gasteiger partial charge in [-0.3, -0.25) is 9.20 Å². The Morgan fingerprint density at radius 3 is 2.54 bits per heavy atom. The Hall–Kier alpha value is -0.340. The van der Waals surface area contributed by atoms with Gasteiger partial charge in [-0.05, 0) is 58.2 Å². The van der Waals surface area contributed by atoms with Gasteiger partial charge >= 0.3 is 0 Å². The molecular formula is C19H31ClIN3OS. The first-order valence-corrected chi connectivity index (χ1v) is 10.6. The zero-order valence-electron chi connectivity index (χ0n) is 16.1. The second-order valence-corrected chi connectivity index (χ2v) is 10.3. The summed E-state index contributed by atoms with van der Waals surface area (Å²) in [6.07, 6.45) is 2.29. The molecule has 0 heterocycles. The van der Waals surface area contributed by atoms with E-state index in [0.717, 1.165) is 36.9 Å². The second-order valence-electron chi connectivity index (χ2n) is 7.57. The Morgan fingerprint density at radius 2 is 2.00 bits per heavy atom. The molecule has 2 N–H and O–H groups in total. The third-order valence-electron chi connectivity index (χ3n) is 4.44. The quantitative estimate of drug-likeness (QED) is 0.329. The van der Waals surface area contributed by atoms with Crippen molar-refractivity contribution in [1.29, 1.82) is 0 Å². The minimum atomic E-state index is -0.859. The second kappa shape index (κ2) is 10.3. The molecule has 0 amide bonds. The van der Waals surface area contributed by atoms with E-state index >= 15 is 0 Å². The summed E-state index contributed by atoms with van der Waals surface area (Å²) in [5, 5.41) is 7.36.